The van der Waals surface area contributed by atoms with E-state index in [1.165, 1.54) is 0 Å². The maximum absolute atomic E-state index is 12.5. The normalized spacial score (nSPS) is 13.6. The average molecular weight is 326 g/mol. The van der Waals surface area contributed by atoms with Crippen molar-refractivity contribution < 1.29 is 9.53 Å². The van der Waals surface area contributed by atoms with Gasteiger partial charge in [0, 0.05) is 10.6 Å². The smallest absolute Gasteiger partial charge is 0.261 e. The highest BCUT2D eigenvalue weighted by Gasteiger charge is 2.30. The third kappa shape index (κ3) is 6.69. The first kappa shape index (κ1) is 18.8. The molecule has 0 spiro atoms. The second-order valence-electron chi connectivity index (χ2n) is 7.58. The molecular weight excluding hydrogens is 298 g/mol. The molecule has 1 rings (SSSR count). The Morgan fingerprint density at radius 2 is 1.73 bits per heavy atom. The number of benzene rings is 1. The molecule has 124 valence electrons. The SMILES string of the molecule is CCC(Oc1ccc(Cl)cc1)C(=O)NC(C)(C)CC(C)(C)C. The summed E-state index contributed by atoms with van der Waals surface area (Å²) >= 11 is 5.86. The van der Waals surface area contributed by atoms with Gasteiger partial charge in [-0.05, 0) is 56.4 Å². The van der Waals surface area contributed by atoms with Gasteiger partial charge in [-0.15, -0.1) is 0 Å². The first-order valence-electron chi connectivity index (χ1n) is 7.77. The van der Waals surface area contributed by atoms with Crippen molar-refractivity contribution in [2.24, 2.45) is 5.41 Å². The molecule has 0 heterocycles. The topological polar surface area (TPSA) is 38.3 Å². The van der Waals surface area contributed by atoms with Crippen molar-refractivity contribution in [3.8, 4) is 5.75 Å². The van der Waals surface area contributed by atoms with Gasteiger partial charge < -0.3 is 10.1 Å². The van der Waals surface area contributed by atoms with Crippen LogP contribution in [0, 0.1) is 5.41 Å². The number of amides is 1. The zero-order valence-corrected chi connectivity index (χ0v) is 15.3. The van der Waals surface area contributed by atoms with E-state index < -0.39 is 6.10 Å². The second kappa shape index (κ2) is 7.36. The number of ether oxygens (including phenoxy) is 1. The monoisotopic (exact) mass is 325 g/mol. The second-order valence-corrected chi connectivity index (χ2v) is 8.02. The predicted molar refractivity (Wildman–Crippen MR) is 92.5 cm³/mol. The van der Waals surface area contributed by atoms with Gasteiger partial charge in [0.2, 0.25) is 0 Å². The summed E-state index contributed by atoms with van der Waals surface area (Å²) in [5, 5.41) is 3.75. The van der Waals surface area contributed by atoms with Crippen LogP contribution in [0.2, 0.25) is 5.02 Å². The van der Waals surface area contributed by atoms with Crippen LogP contribution in [0.4, 0.5) is 0 Å². The van der Waals surface area contributed by atoms with Crippen molar-refractivity contribution >= 4 is 17.5 Å². The van der Waals surface area contributed by atoms with Crippen LogP contribution in [-0.4, -0.2) is 17.6 Å². The van der Waals surface area contributed by atoms with Crippen LogP contribution in [-0.2, 0) is 4.79 Å². The van der Waals surface area contributed by atoms with E-state index in [0.717, 1.165) is 6.42 Å². The molecule has 1 unspecified atom stereocenters. The van der Waals surface area contributed by atoms with Crippen molar-refractivity contribution in [2.45, 2.75) is 66.0 Å². The molecule has 0 aliphatic rings. The van der Waals surface area contributed by atoms with Crippen molar-refractivity contribution in [1.29, 1.82) is 0 Å². The number of nitrogens with one attached hydrogen (secondary N) is 1. The number of hydrogen-bond acceptors (Lipinski definition) is 2. The molecule has 0 aliphatic carbocycles. The predicted octanol–water partition coefficient (Wildman–Crippen LogP) is 4.83. The Morgan fingerprint density at radius 3 is 2.18 bits per heavy atom. The Bertz CT molecular complexity index is 489. The van der Waals surface area contributed by atoms with E-state index in [0.29, 0.717) is 17.2 Å². The zero-order chi connectivity index (χ0) is 17.0. The van der Waals surface area contributed by atoms with Gasteiger partial charge in [0.1, 0.15) is 5.75 Å². The lowest BCUT2D eigenvalue weighted by atomic mass is 9.81. The highest BCUT2D eigenvalue weighted by atomic mass is 35.5. The molecule has 0 saturated carbocycles. The summed E-state index contributed by atoms with van der Waals surface area (Å²) in [6.07, 6.45) is 1.00. The molecule has 0 bridgehead atoms. The number of halogens is 1. The minimum Gasteiger partial charge on any atom is -0.481 e. The quantitative estimate of drug-likeness (QED) is 0.813. The Labute approximate surface area is 139 Å². The standard InChI is InChI=1S/C18H28ClNO2/c1-7-15(22-14-10-8-13(19)9-11-14)16(21)20-18(5,6)12-17(2,3)4/h8-11,15H,7,12H2,1-6H3,(H,20,21). The minimum absolute atomic E-state index is 0.0771. The van der Waals surface area contributed by atoms with Crippen LogP contribution < -0.4 is 10.1 Å². The van der Waals surface area contributed by atoms with Gasteiger partial charge in [0.05, 0.1) is 0 Å². The molecule has 22 heavy (non-hydrogen) atoms. The van der Waals surface area contributed by atoms with E-state index in [-0.39, 0.29) is 16.9 Å². The molecule has 3 nitrogen and oxygen atoms in total. The molecular formula is C18H28ClNO2. The number of hydrogen-bond donors (Lipinski definition) is 1. The summed E-state index contributed by atoms with van der Waals surface area (Å²) in [7, 11) is 0. The molecule has 1 N–H and O–H groups in total. The van der Waals surface area contributed by atoms with Crippen LogP contribution in [0.5, 0.6) is 5.75 Å². The first-order chi connectivity index (χ1) is 10.0. The number of carbonyl (C=O) groups excluding carboxylic acids is 1. The summed E-state index contributed by atoms with van der Waals surface area (Å²) in [5.74, 6) is 0.576. The van der Waals surface area contributed by atoms with Crippen molar-refractivity contribution in [3.05, 3.63) is 29.3 Å². The van der Waals surface area contributed by atoms with Crippen LogP contribution in [0.25, 0.3) is 0 Å². The molecule has 0 aromatic heterocycles. The first-order valence-corrected chi connectivity index (χ1v) is 8.14. The Kier molecular flexibility index (Phi) is 6.30. The van der Waals surface area contributed by atoms with E-state index in [1.54, 1.807) is 24.3 Å². The van der Waals surface area contributed by atoms with E-state index in [2.05, 4.69) is 26.1 Å². The van der Waals surface area contributed by atoms with Gasteiger partial charge in [-0.1, -0.05) is 39.3 Å². The fourth-order valence-corrected chi connectivity index (χ4v) is 2.91. The Morgan fingerprint density at radius 1 is 1.18 bits per heavy atom. The van der Waals surface area contributed by atoms with E-state index >= 15 is 0 Å². The summed E-state index contributed by atoms with van der Waals surface area (Å²) in [5.41, 5.74) is -0.123. The Hall–Kier alpha value is -1.22. The van der Waals surface area contributed by atoms with Crippen molar-refractivity contribution in [1.82, 2.24) is 5.32 Å². The summed E-state index contributed by atoms with van der Waals surface area (Å²) in [6, 6.07) is 7.06. The fourth-order valence-electron chi connectivity index (χ4n) is 2.78. The van der Waals surface area contributed by atoms with E-state index in [1.807, 2.05) is 20.8 Å². The maximum Gasteiger partial charge on any atom is 0.261 e. The van der Waals surface area contributed by atoms with Gasteiger partial charge >= 0.3 is 0 Å². The molecule has 4 heteroatoms. The molecule has 0 radical (unpaired) electrons. The lowest BCUT2D eigenvalue weighted by Crippen LogP contribution is -2.50. The van der Waals surface area contributed by atoms with Gasteiger partial charge in [0.15, 0.2) is 6.10 Å². The molecule has 0 fully saturated rings. The van der Waals surface area contributed by atoms with Gasteiger partial charge in [-0.3, -0.25) is 4.79 Å². The zero-order valence-electron chi connectivity index (χ0n) is 14.5. The van der Waals surface area contributed by atoms with E-state index in [4.69, 9.17) is 16.3 Å². The van der Waals surface area contributed by atoms with Gasteiger partial charge in [0.25, 0.3) is 5.91 Å². The van der Waals surface area contributed by atoms with Crippen LogP contribution in [0.15, 0.2) is 24.3 Å². The van der Waals surface area contributed by atoms with Crippen LogP contribution in [0.3, 0.4) is 0 Å². The molecule has 1 aromatic carbocycles. The minimum atomic E-state index is -0.500. The largest absolute Gasteiger partial charge is 0.481 e. The third-order valence-electron chi connectivity index (χ3n) is 3.19. The molecule has 1 atom stereocenters. The summed E-state index contributed by atoms with van der Waals surface area (Å²) in [4.78, 5) is 12.5. The third-order valence-corrected chi connectivity index (χ3v) is 3.44. The van der Waals surface area contributed by atoms with Crippen molar-refractivity contribution in [2.75, 3.05) is 0 Å². The Balaban J connectivity index is 2.70. The maximum atomic E-state index is 12.5. The van der Waals surface area contributed by atoms with Crippen LogP contribution in [0.1, 0.15) is 54.4 Å². The molecule has 1 amide bonds. The van der Waals surface area contributed by atoms with Gasteiger partial charge in [-0.2, -0.15) is 0 Å². The molecule has 0 saturated heterocycles. The van der Waals surface area contributed by atoms with E-state index in [9.17, 15) is 4.79 Å². The fraction of sp³-hybridized carbons (Fsp3) is 0.611. The molecule has 0 aliphatic heterocycles. The summed E-state index contributed by atoms with van der Waals surface area (Å²) in [6.45, 7) is 12.5. The highest BCUT2D eigenvalue weighted by Crippen LogP contribution is 2.27. The molecule has 1 aromatic rings. The lowest BCUT2D eigenvalue weighted by Gasteiger charge is -2.34. The van der Waals surface area contributed by atoms with Crippen LogP contribution >= 0.6 is 11.6 Å². The number of carbonyl (C=O) groups is 1. The number of rotatable bonds is 6. The highest BCUT2D eigenvalue weighted by molar-refractivity contribution is 6.30. The summed E-state index contributed by atoms with van der Waals surface area (Å²) < 4.78 is 5.79. The van der Waals surface area contributed by atoms with Crippen molar-refractivity contribution in [3.63, 3.8) is 0 Å². The average Bonchev–Trinajstić information content (AvgIpc) is 2.34. The van der Waals surface area contributed by atoms with Gasteiger partial charge in [-0.25, -0.2) is 0 Å². The lowest BCUT2D eigenvalue weighted by molar-refractivity contribution is -0.130.